The smallest absolute Gasteiger partial charge is 0.102 e. The largest absolute Gasteiger partial charge is 0.633 e. The first-order valence-corrected chi connectivity index (χ1v) is 45.2. The molecule has 0 radical (unpaired) electrons. The average molecular weight is 1540 g/mol. The van der Waals surface area contributed by atoms with Gasteiger partial charge < -0.3 is 36.0 Å². The summed E-state index contributed by atoms with van der Waals surface area (Å²) < 4.78 is -0.420. The van der Waals surface area contributed by atoms with E-state index in [9.17, 15) is 5.21 Å². The van der Waals surface area contributed by atoms with E-state index in [4.69, 9.17) is 47.2 Å². The number of nitrogens with two attached hydrogens (primary N) is 1. The topological polar surface area (TPSA) is 221 Å². The van der Waals surface area contributed by atoms with Crippen molar-refractivity contribution in [2.75, 3.05) is 72.2 Å². The SMILES string of the molecule is C=CC#N.C=CC(=C)CC/C=C(\C)CCC=C(C)C.CC(C)=CCC/C(C)=C/CCC1=CCC(C#N)CC1.CC(C)CCCC(C)CCCC1CCC(CN(CCO)CCO)CC1.CC(C)CCCC(C)CCCC1CCC(CN)CC1.CC(C)CCCC(C)CCCC1CCC(C[N+]([O-])(CCO)CCO)CC1.OO. The van der Waals surface area contributed by atoms with Crippen LogP contribution in [-0.4, -0.2) is 113 Å². The van der Waals surface area contributed by atoms with Crippen molar-refractivity contribution >= 4 is 0 Å². The molecule has 3 fully saturated rings. The van der Waals surface area contributed by atoms with Crippen molar-refractivity contribution in [2.45, 2.75) is 367 Å². The maximum absolute atomic E-state index is 12.6. The van der Waals surface area contributed by atoms with Crippen LogP contribution in [0.25, 0.3) is 0 Å². The number of hydrogen-bond acceptors (Lipinski definition) is 11. The second-order valence-corrected chi connectivity index (χ2v) is 36.3. The van der Waals surface area contributed by atoms with E-state index in [1.54, 1.807) is 11.6 Å². The molecule has 4 rings (SSSR count). The van der Waals surface area contributed by atoms with E-state index in [0.29, 0.717) is 25.6 Å². The summed E-state index contributed by atoms with van der Waals surface area (Å²) in [5, 5.41) is 77.5. The van der Waals surface area contributed by atoms with E-state index in [1.807, 2.05) is 6.08 Å². The van der Waals surface area contributed by atoms with E-state index < -0.39 is 4.65 Å². The van der Waals surface area contributed by atoms with Gasteiger partial charge >= 0.3 is 0 Å². The lowest BCUT2D eigenvalue weighted by Gasteiger charge is -2.45. The summed E-state index contributed by atoms with van der Waals surface area (Å²) >= 11 is 0. The summed E-state index contributed by atoms with van der Waals surface area (Å²) in [5.41, 5.74) is 14.2. The Morgan fingerprint density at radius 1 is 0.518 bits per heavy atom. The minimum atomic E-state index is -0.420. The number of hydrogen-bond donors (Lipinski definition) is 7. The van der Waals surface area contributed by atoms with Gasteiger partial charge in [0.25, 0.3) is 0 Å². The van der Waals surface area contributed by atoms with Crippen molar-refractivity contribution in [3.63, 3.8) is 0 Å². The second kappa shape index (κ2) is 75.5. The Balaban J connectivity index is -0.00000129. The van der Waals surface area contributed by atoms with E-state index in [2.05, 4.69) is 165 Å². The number of nitriles is 2. The van der Waals surface area contributed by atoms with Gasteiger partial charge in [-0.2, -0.15) is 10.5 Å². The molecule has 4 atom stereocenters. The predicted molar refractivity (Wildman–Crippen MR) is 478 cm³/mol. The molecule has 0 spiro atoms. The van der Waals surface area contributed by atoms with Crippen LogP contribution in [0, 0.1) is 105 Å². The fraction of sp³-hybridized carbons (Fsp3) is 0.816. The Kier molecular flexibility index (Phi) is 76.0. The van der Waals surface area contributed by atoms with Gasteiger partial charge in [-0.05, 0) is 235 Å². The first kappa shape index (κ1) is 111. The minimum Gasteiger partial charge on any atom is -0.633 e. The molecule has 0 saturated heterocycles. The molecule has 0 bridgehead atoms. The van der Waals surface area contributed by atoms with Gasteiger partial charge in [-0.25, -0.2) is 0 Å². The molecule has 12 nitrogen and oxygen atoms in total. The molecule has 4 aliphatic rings. The van der Waals surface area contributed by atoms with E-state index in [0.717, 1.165) is 148 Å². The van der Waals surface area contributed by atoms with Crippen LogP contribution in [0.15, 0.2) is 95.7 Å². The summed E-state index contributed by atoms with van der Waals surface area (Å²) in [6.45, 7) is 49.6. The number of nitrogens with zero attached hydrogens (tertiary/aromatic N) is 4. The van der Waals surface area contributed by atoms with Gasteiger partial charge in [-0.15, -0.1) is 0 Å². The van der Waals surface area contributed by atoms with Crippen LogP contribution < -0.4 is 5.73 Å². The zero-order valence-electron chi connectivity index (χ0n) is 74.9. The van der Waals surface area contributed by atoms with Gasteiger partial charge in [0.05, 0.1) is 51.0 Å². The molecule has 4 unspecified atom stereocenters. The minimum absolute atomic E-state index is 0.0891. The summed E-state index contributed by atoms with van der Waals surface area (Å²) in [4.78, 5) is 2.23. The molecule has 0 aromatic carbocycles. The molecule has 110 heavy (non-hydrogen) atoms. The molecule has 8 N–H and O–H groups in total. The van der Waals surface area contributed by atoms with Crippen molar-refractivity contribution in [3.05, 3.63) is 101 Å². The Bertz CT molecular complexity index is 2370. The molecule has 0 aromatic heterocycles. The molecule has 0 amide bonds. The lowest BCUT2D eigenvalue weighted by atomic mass is 9.79. The maximum Gasteiger partial charge on any atom is 0.102 e. The van der Waals surface area contributed by atoms with Crippen molar-refractivity contribution in [2.24, 2.45) is 82.7 Å². The highest BCUT2D eigenvalue weighted by atomic mass is 17.0. The van der Waals surface area contributed by atoms with Crippen LogP contribution in [0.5, 0.6) is 0 Å². The summed E-state index contributed by atoms with van der Waals surface area (Å²) in [7, 11) is 0. The molecule has 0 aromatic rings. The average Bonchev–Trinajstić information content (AvgIpc) is 0.845. The Morgan fingerprint density at radius 2 is 0.882 bits per heavy atom. The van der Waals surface area contributed by atoms with Gasteiger partial charge in [-0.1, -0.05) is 293 Å². The molecule has 642 valence electrons. The Morgan fingerprint density at radius 3 is 1.21 bits per heavy atom. The maximum atomic E-state index is 12.6. The van der Waals surface area contributed by atoms with Gasteiger partial charge in [0.1, 0.15) is 13.1 Å². The zero-order valence-corrected chi connectivity index (χ0v) is 74.9. The molecule has 0 aliphatic heterocycles. The summed E-state index contributed by atoms with van der Waals surface area (Å²) in [6, 6.07) is 4.06. The monoisotopic (exact) mass is 1540 g/mol. The number of hydroxylamine groups is 3. The van der Waals surface area contributed by atoms with E-state index in [1.165, 1.54) is 227 Å². The van der Waals surface area contributed by atoms with Gasteiger partial charge in [-0.3, -0.25) is 15.4 Å². The number of aliphatic hydroxyl groups excluding tert-OH is 4. The first-order chi connectivity index (χ1) is 52.6. The highest BCUT2D eigenvalue weighted by Gasteiger charge is 2.28. The molecular formula is C98H183N5O7. The van der Waals surface area contributed by atoms with Crippen molar-refractivity contribution in [1.82, 2.24) is 4.90 Å². The Hall–Kier alpha value is -3.50. The number of rotatable bonds is 50. The van der Waals surface area contributed by atoms with Crippen molar-refractivity contribution in [1.29, 1.82) is 10.5 Å². The fourth-order valence-electron chi connectivity index (χ4n) is 16.3. The van der Waals surface area contributed by atoms with Crippen LogP contribution in [-0.2, 0) is 0 Å². The molecule has 0 heterocycles. The molecular weight excluding hydrogens is 1360 g/mol. The number of aliphatic hydroxyl groups is 4. The van der Waals surface area contributed by atoms with E-state index >= 15 is 0 Å². The van der Waals surface area contributed by atoms with E-state index in [-0.39, 0.29) is 45.4 Å². The van der Waals surface area contributed by atoms with Crippen molar-refractivity contribution < 1.29 is 35.6 Å². The van der Waals surface area contributed by atoms with Crippen LogP contribution in [0.3, 0.4) is 0 Å². The standard InChI is InChI=1S/C22H45NO3.C22H45NO2.C18H37N.C18H27N.C15H24.C3H3N.H2O2/c1-19(2)6-4-7-20(3)8-5-9-21-10-12-22(13-11-21)18-23(26,14-16-24)15-17-25;1-19(2)6-4-7-20(3)8-5-9-21-10-12-22(13-11-21)18-23(14-16-24)15-17-25;2*1-15(2)6-4-7-16(3)8-5-9-17-10-12-18(14-19)13-11-17;1-6-14(4)10-8-12-15(5)11-7-9-13(2)3;1-2-3-4;1-2/h19-22,24-25H,4-18H2,1-3H3;19-22,24-25H,4-18H2,1-3H3;15-18H,4-14,19H2,1-3H3;6,8,10,18H,4-5,7,9,11-13H2,1-3H3;6,9,12H,1,4,7-8,10-11H2,2-3,5H3;2H,1H2;1-2H/b;;;16-8+;15-12+;;. The first-order valence-electron chi connectivity index (χ1n) is 45.2. The quantitative estimate of drug-likeness (QED) is 0.00758. The fourth-order valence-corrected chi connectivity index (χ4v) is 16.3. The number of allylic oxidation sites excluding steroid dienone is 13. The molecule has 4 aliphatic carbocycles. The normalized spacial score (nSPS) is 20.0. The lowest BCUT2D eigenvalue weighted by molar-refractivity contribution is -0.885. The zero-order chi connectivity index (χ0) is 83.2. The molecule has 12 heteroatoms. The highest BCUT2D eigenvalue weighted by molar-refractivity contribution is 5.13. The van der Waals surface area contributed by atoms with Crippen LogP contribution >= 0.6 is 0 Å². The van der Waals surface area contributed by atoms with Crippen LogP contribution in [0.2, 0.25) is 0 Å². The van der Waals surface area contributed by atoms with Gasteiger partial charge in [0, 0.05) is 31.6 Å². The lowest BCUT2D eigenvalue weighted by Crippen LogP contribution is -2.49. The highest BCUT2D eigenvalue weighted by Crippen LogP contribution is 2.37. The Labute approximate surface area is 682 Å². The third kappa shape index (κ3) is 70.0. The third-order valence-corrected chi connectivity index (χ3v) is 23.7. The van der Waals surface area contributed by atoms with Crippen LogP contribution in [0.4, 0.5) is 0 Å². The van der Waals surface area contributed by atoms with Crippen molar-refractivity contribution in [3.8, 4) is 12.1 Å². The third-order valence-electron chi connectivity index (χ3n) is 23.7. The summed E-state index contributed by atoms with van der Waals surface area (Å²) in [6.07, 6.45) is 68.2. The number of quaternary nitrogens is 1. The molecule has 3 saturated carbocycles. The predicted octanol–water partition coefficient (Wildman–Crippen LogP) is 26.4. The summed E-state index contributed by atoms with van der Waals surface area (Å²) in [5.74, 6) is 10.4. The van der Waals surface area contributed by atoms with Gasteiger partial charge in [0.15, 0.2) is 0 Å². The van der Waals surface area contributed by atoms with Gasteiger partial charge in [0.2, 0.25) is 0 Å². The second-order valence-electron chi connectivity index (χ2n) is 36.3. The van der Waals surface area contributed by atoms with Crippen LogP contribution in [0.1, 0.15) is 367 Å².